The number of rotatable bonds is 4. The average Bonchev–Trinajstić information content (AvgIpc) is 2.66. The van der Waals surface area contributed by atoms with E-state index in [-0.39, 0.29) is 13.2 Å². The zero-order chi connectivity index (χ0) is 12.2. The monoisotopic (exact) mass is 248 g/mol. The van der Waals surface area contributed by atoms with Crippen LogP contribution in [0.5, 0.6) is 0 Å². The molecule has 0 bridgehead atoms. The van der Waals surface area contributed by atoms with Crippen molar-refractivity contribution in [3.8, 4) is 0 Å². The van der Waals surface area contributed by atoms with Crippen molar-refractivity contribution in [3.05, 3.63) is 0 Å². The SMILES string of the molecule is CCOC(=O)C1CCCN1S(=O)(=O)N=C=O. The summed E-state index contributed by atoms with van der Waals surface area (Å²) < 4.78 is 31.2. The van der Waals surface area contributed by atoms with E-state index in [1.165, 1.54) is 0 Å². The van der Waals surface area contributed by atoms with Crippen LogP contribution >= 0.6 is 0 Å². The molecule has 1 atom stereocenters. The van der Waals surface area contributed by atoms with Crippen LogP contribution in [0.1, 0.15) is 19.8 Å². The Hall–Kier alpha value is -1.24. The Morgan fingerprint density at radius 2 is 2.31 bits per heavy atom. The van der Waals surface area contributed by atoms with Crippen LogP contribution in [0.15, 0.2) is 4.40 Å². The van der Waals surface area contributed by atoms with Gasteiger partial charge in [0, 0.05) is 6.54 Å². The van der Waals surface area contributed by atoms with E-state index in [2.05, 4.69) is 4.40 Å². The highest BCUT2D eigenvalue weighted by atomic mass is 32.2. The van der Waals surface area contributed by atoms with Crippen molar-refractivity contribution < 1.29 is 22.7 Å². The minimum atomic E-state index is -4.09. The predicted octanol–water partition coefficient (Wildman–Crippen LogP) is -0.405. The Kier molecular flexibility index (Phi) is 4.17. The molecule has 1 heterocycles. The van der Waals surface area contributed by atoms with Gasteiger partial charge in [-0.25, -0.2) is 4.79 Å². The number of hydrogen-bond acceptors (Lipinski definition) is 5. The summed E-state index contributed by atoms with van der Waals surface area (Å²) in [6.45, 7) is 1.98. The number of ether oxygens (including phenoxy) is 1. The van der Waals surface area contributed by atoms with Crippen molar-refractivity contribution in [1.29, 1.82) is 0 Å². The van der Waals surface area contributed by atoms with Gasteiger partial charge in [-0.2, -0.15) is 12.7 Å². The molecule has 1 saturated heterocycles. The average molecular weight is 248 g/mol. The summed E-state index contributed by atoms with van der Waals surface area (Å²) in [5, 5.41) is 0. The zero-order valence-electron chi connectivity index (χ0n) is 8.75. The third-order valence-electron chi connectivity index (χ3n) is 2.21. The van der Waals surface area contributed by atoms with Gasteiger partial charge in [-0.05, 0) is 19.8 Å². The highest BCUT2D eigenvalue weighted by molar-refractivity contribution is 7.87. The van der Waals surface area contributed by atoms with Crippen LogP contribution in [-0.4, -0.2) is 44.0 Å². The van der Waals surface area contributed by atoms with Crippen molar-refractivity contribution >= 4 is 22.3 Å². The first-order chi connectivity index (χ1) is 7.53. The summed E-state index contributed by atoms with van der Waals surface area (Å²) in [6, 6.07) is -0.873. The first-order valence-corrected chi connectivity index (χ1v) is 6.20. The normalized spacial score (nSPS) is 21.4. The van der Waals surface area contributed by atoms with Crippen molar-refractivity contribution in [2.45, 2.75) is 25.8 Å². The molecular formula is C8H12N2O5S. The summed E-state index contributed by atoms with van der Waals surface area (Å²) >= 11 is 0. The molecule has 1 fully saturated rings. The standard InChI is InChI=1S/C8H12N2O5S/c1-2-15-8(12)7-4-3-5-10(7)16(13,14)9-6-11/h7H,2-5H2,1H3. The Morgan fingerprint density at radius 1 is 1.62 bits per heavy atom. The van der Waals surface area contributed by atoms with Crippen LogP contribution in [0.25, 0.3) is 0 Å². The second-order valence-electron chi connectivity index (χ2n) is 3.18. The van der Waals surface area contributed by atoms with E-state index in [1.54, 1.807) is 6.92 Å². The summed E-state index contributed by atoms with van der Waals surface area (Å²) in [4.78, 5) is 21.4. The number of carbonyl (C=O) groups excluding carboxylic acids is 2. The molecule has 1 aliphatic rings. The summed E-state index contributed by atoms with van der Waals surface area (Å²) in [5.74, 6) is -0.607. The van der Waals surface area contributed by atoms with E-state index in [0.717, 1.165) is 10.4 Å². The fourth-order valence-electron chi connectivity index (χ4n) is 1.59. The van der Waals surface area contributed by atoms with Gasteiger partial charge in [0.15, 0.2) is 0 Å². The molecule has 90 valence electrons. The predicted molar refractivity (Wildman–Crippen MR) is 53.4 cm³/mol. The summed E-state index contributed by atoms with van der Waals surface area (Å²) in [6.07, 6.45) is 1.89. The van der Waals surface area contributed by atoms with Gasteiger partial charge in [-0.15, -0.1) is 0 Å². The van der Waals surface area contributed by atoms with E-state index in [0.29, 0.717) is 12.8 Å². The van der Waals surface area contributed by atoms with Gasteiger partial charge in [0.2, 0.25) is 0 Å². The highest BCUT2D eigenvalue weighted by Gasteiger charge is 2.39. The van der Waals surface area contributed by atoms with Crippen LogP contribution in [0.3, 0.4) is 0 Å². The van der Waals surface area contributed by atoms with Crippen LogP contribution in [-0.2, 0) is 24.5 Å². The Bertz CT molecular complexity index is 412. The smallest absolute Gasteiger partial charge is 0.333 e. The minimum Gasteiger partial charge on any atom is -0.465 e. The molecule has 0 N–H and O–H groups in total. The Balaban J connectivity index is 2.88. The van der Waals surface area contributed by atoms with Crippen LogP contribution in [0.4, 0.5) is 0 Å². The van der Waals surface area contributed by atoms with E-state index >= 15 is 0 Å². The molecule has 0 aliphatic carbocycles. The maximum Gasteiger partial charge on any atom is 0.333 e. The first kappa shape index (κ1) is 12.8. The number of isocyanates is 1. The van der Waals surface area contributed by atoms with Gasteiger partial charge in [0.1, 0.15) is 6.04 Å². The number of carbonyl (C=O) groups is 1. The van der Waals surface area contributed by atoms with Crippen molar-refractivity contribution in [1.82, 2.24) is 4.31 Å². The fraction of sp³-hybridized carbons (Fsp3) is 0.750. The quantitative estimate of drug-likeness (QED) is 0.383. The van der Waals surface area contributed by atoms with Crippen LogP contribution in [0.2, 0.25) is 0 Å². The Labute approximate surface area is 93.3 Å². The highest BCUT2D eigenvalue weighted by Crippen LogP contribution is 2.22. The van der Waals surface area contributed by atoms with Gasteiger partial charge in [0.25, 0.3) is 6.08 Å². The van der Waals surface area contributed by atoms with Gasteiger partial charge < -0.3 is 4.74 Å². The lowest BCUT2D eigenvalue weighted by Crippen LogP contribution is -2.40. The summed E-state index contributed by atoms with van der Waals surface area (Å²) in [5.41, 5.74) is 0. The second-order valence-corrected chi connectivity index (χ2v) is 4.73. The third-order valence-corrected chi connectivity index (χ3v) is 3.55. The molecule has 16 heavy (non-hydrogen) atoms. The van der Waals surface area contributed by atoms with Crippen LogP contribution in [0, 0.1) is 0 Å². The molecule has 0 radical (unpaired) electrons. The molecule has 0 spiro atoms. The maximum absolute atomic E-state index is 11.4. The number of esters is 1. The van der Waals surface area contributed by atoms with Gasteiger partial charge in [0.05, 0.1) is 6.61 Å². The largest absolute Gasteiger partial charge is 0.465 e. The molecule has 8 heteroatoms. The number of hydrogen-bond donors (Lipinski definition) is 0. The first-order valence-electron chi connectivity index (χ1n) is 4.80. The molecule has 1 rings (SSSR count). The van der Waals surface area contributed by atoms with E-state index in [1.807, 2.05) is 0 Å². The molecule has 0 aromatic rings. The third kappa shape index (κ3) is 2.66. The lowest BCUT2D eigenvalue weighted by Gasteiger charge is -2.18. The van der Waals surface area contributed by atoms with E-state index in [4.69, 9.17) is 4.74 Å². The van der Waals surface area contributed by atoms with Gasteiger partial charge in [-0.3, -0.25) is 4.79 Å². The topological polar surface area (TPSA) is 93.1 Å². The molecule has 0 aromatic heterocycles. The molecule has 1 aliphatic heterocycles. The van der Waals surface area contributed by atoms with Gasteiger partial charge >= 0.3 is 16.2 Å². The fourth-order valence-corrected chi connectivity index (χ4v) is 2.66. The molecule has 0 saturated carbocycles. The van der Waals surface area contributed by atoms with Crippen molar-refractivity contribution in [3.63, 3.8) is 0 Å². The zero-order valence-corrected chi connectivity index (χ0v) is 9.57. The van der Waals surface area contributed by atoms with E-state index < -0.39 is 22.2 Å². The minimum absolute atomic E-state index is 0.164. The lowest BCUT2D eigenvalue weighted by atomic mass is 10.2. The number of nitrogens with zero attached hydrogens (tertiary/aromatic N) is 2. The van der Waals surface area contributed by atoms with Crippen molar-refractivity contribution in [2.75, 3.05) is 13.2 Å². The summed E-state index contributed by atoms with van der Waals surface area (Å²) in [7, 11) is -4.09. The molecule has 0 aromatic carbocycles. The van der Waals surface area contributed by atoms with E-state index in [9.17, 15) is 18.0 Å². The molecular weight excluding hydrogens is 236 g/mol. The lowest BCUT2D eigenvalue weighted by molar-refractivity contribution is -0.146. The second kappa shape index (κ2) is 5.20. The molecule has 7 nitrogen and oxygen atoms in total. The van der Waals surface area contributed by atoms with Gasteiger partial charge in [-0.1, -0.05) is 4.40 Å². The maximum atomic E-state index is 11.4. The molecule has 1 unspecified atom stereocenters. The van der Waals surface area contributed by atoms with Crippen LogP contribution < -0.4 is 0 Å². The Morgan fingerprint density at radius 3 is 2.88 bits per heavy atom. The van der Waals surface area contributed by atoms with Crippen molar-refractivity contribution in [2.24, 2.45) is 4.40 Å². The molecule has 0 amide bonds.